The molecular formula is C10H18N2O2. The van der Waals surface area contributed by atoms with E-state index in [1.807, 2.05) is 30.3 Å². The van der Waals surface area contributed by atoms with Crippen LogP contribution in [0.25, 0.3) is 0 Å². The molecule has 0 saturated carbocycles. The molecule has 0 saturated heterocycles. The maximum absolute atomic E-state index is 9.59. The van der Waals surface area contributed by atoms with Gasteiger partial charge in [-0.3, -0.25) is 10.2 Å². The molecule has 3 N–H and O–H groups in total. The zero-order chi connectivity index (χ0) is 13.0. The summed E-state index contributed by atoms with van der Waals surface area (Å²) < 4.78 is 14.1. The number of nitrogen functional groups attached to an aromatic ring is 1. The smallest absolute Gasteiger partial charge is 0.302 e. The molecule has 0 atom stereocenters. The Morgan fingerprint density at radius 2 is 1.93 bits per heavy atom. The van der Waals surface area contributed by atoms with Gasteiger partial charge in [0.2, 0.25) is 0 Å². The van der Waals surface area contributed by atoms with E-state index in [0.717, 1.165) is 5.56 Å². The zero-order valence-electron chi connectivity index (χ0n) is 10.3. The fourth-order valence-corrected chi connectivity index (χ4v) is 0.618. The molecular weight excluding hydrogens is 180 g/mol. The molecule has 0 spiro atoms. The van der Waals surface area contributed by atoms with Crippen LogP contribution in [0.4, 0.5) is 0 Å². The Balaban J connectivity index is -0.000000213. The Hall–Kier alpha value is -1.84. The molecule has 14 heavy (non-hydrogen) atoms. The van der Waals surface area contributed by atoms with Crippen molar-refractivity contribution in [3.05, 3.63) is 35.9 Å². The van der Waals surface area contributed by atoms with Crippen molar-refractivity contribution in [2.24, 2.45) is 5.73 Å². The first-order valence-corrected chi connectivity index (χ1v) is 4.02. The number of methoxy groups -OCH3 is 1. The molecule has 4 heteroatoms. The van der Waals surface area contributed by atoms with Crippen molar-refractivity contribution in [2.45, 2.75) is 6.92 Å². The van der Waals surface area contributed by atoms with E-state index >= 15 is 0 Å². The molecule has 0 unspecified atom stereocenters. The number of amidine groups is 1. The lowest BCUT2D eigenvalue weighted by molar-refractivity contribution is -0.137. The summed E-state index contributed by atoms with van der Waals surface area (Å²) in [6, 6.07) is 9.23. The van der Waals surface area contributed by atoms with Gasteiger partial charge in [-0.05, 0) is 0 Å². The van der Waals surface area contributed by atoms with Crippen molar-refractivity contribution >= 4 is 11.8 Å². The average Bonchev–Trinajstić information content (AvgIpc) is 2.33. The van der Waals surface area contributed by atoms with E-state index in [9.17, 15) is 4.79 Å². The average molecular weight is 201 g/mol. The number of nitrogens with one attached hydrogen (secondary N) is 1. The maximum Gasteiger partial charge on any atom is 0.302 e. The second-order valence-electron chi connectivity index (χ2n) is 2.48. The molecule has 0 aliphatic carbocycles. The summed E-state index contributed by atoms with van der Waals surface area (Å²) >= 11 is 0. The normalized spacial score (nSPS) is 8.71. The zero-order valence-corrected chi connectivity index (χ0v) is 8.28. The Morgan fingerprint density at radius 1 is 1.50 bits per heavy atom. The molecule has 0 aliphatic heterocycles. The minimum atomic E-state index is -0.245. The van der Waals surface area contributed by atoms with E-state index in [0.29, 0.717) is 0 Å². The third-order valence-corrected chi connectivity index (χ3v) is 1.37. The fourth-order valence-electron chi connectivity index (χ4n) is 0.618. The first kappa shape index (κ1) is 10.2. The van der Waals surface area contributed by atoms with Gasteiger partial charge in [0.25, 0.3) is 0 Å². The second-order valence-corrected chi connectivity index (χ2v) is 2.48. The van der Waals surface area contributed by atoms with E-state index in [4.69, 9.17) is 14.1 Å². The Bertz CT molecular complexity index is 308. The van der Waals surface area contributed by atoms with Gasteiger partial charge in [0.1, 0.15) is 5.84 Å². The Morgan fingerprint density at radius 3 is 2.14 bits per heavy atom. The third-order valence-electron chi connectivity index (χ3n) is 1.37. The lowest BCUT2D eigenvalue weighted by Gasteiger charge is -1.93. The van der Waals surface area contributed by atoms with Gasteiger partial charge < -0.3 is 10.5 Å². The number of hydrogen-bond donors (Lipinski definition) is 2. The Labute approximate surface area is 87.8 Å². The van der Waals surface area contributed by atoms with Crippen LogP contribution in [0.5, 0.6) is 0 Å². The lowest BCUT2D eigenvalue weighted by atomic mass is 10.2. The van der Waals surface area contributed by atoms with Crippen LogP contribution in [-0.4, -0.2) is 18.9 Å². The van der Waals surface area contributed by atoms with Crippen LogP contribution in [0.2, 0.25) is 0 Å². The molecule has 0 fully saturated rings. The number of hydrogen-bond acceptors (Lipinski definition) is 3. The number of rotatable bonds is 1. The minimum absolute atomic E-state index is 0. The molecule has 1 aromatic carbocycles. The van der Waals surface area contributed by atoms with E-state index in [-0.39, 0.29) is 13.2 Å². The molecule has 80 valence electrons. The van der Waals surface area contributed by atoms with Gasteiger partial charge in [0.15, 0.2) is 0 Å². The summed E-state index contributed by atoms with van der Waals surface area (Å²) in [5.41, 5.74) is 5.97. The maximum atomic E-state index is 9.59. The highest BCUT2D eigenvalue weighted by molar-refractivity contribution is 5.94. The van der Waals surface area contributed by atoms with Crippen LogP contribution in [0.15, 0.2) is 30.3 Å². The standard InChI is InChI=1S/C7H8N2.C3H6O2.2H2/c8-7(9)6-4-2-1-3-5-6;1-3(4)5-2;;/h1-5H,(H3,8,9);1-2H3;2*1H/i;;1+1D;1+1. The van der Waals surface area contributed by atoms with E-state index in [2.05, 4.69) is 4.74 Å². The van der Waals surface area contributed by atoms with Gasteiger partial charge in [-0.15, -0.1) is 0 Å². The first-order valence-electron chi connectivity index (χ1n) is 5.02. The van der Waals surface area contributed by atoms with Gasteiger partial charge >= 0.3 is 5.97 Å². The number of carbonyl (C=O) groups excluding carboxylic acids is 1. The summed E-state index contributed by atoms with van der Waals surface area (Å²) in [7, 11) is 1.35. The number of esters is 1. The number of benzene rings is 1. The van der Waals surface area contributed by atoms with Gasteiger partial charge in [-0.1, -0.05) is 30.3 Å². The van der Waals surface area contributed by atoms with Crippen LogP contribution in [0, 0.1) is 5.41 Å². The van der Waals surface area contributed by atoms with E-state index in [1.165, 1.54) is 14.0 Å². The summed E-state index contributed by atoms with van der Waals surface area (Å²) in [6.07, 6.45) is 0. The van der Waals surface area contributed by atoms with Crippen LogP contribution in [0.1, 0.15) is 16.9 Å². The molecule has 0 bridgehead atoms. The highest BCUT2D eigenvalue weighted by Gasteiger charge is 1.89. The molecule has 0 amide bonds. The van der Waals surface area contributed by atoms with Crippen molar-refractivity contribution < 1.29 is 13.9 Å². The van der Waals surface area contributed by atoms with Gasteiger partial charge in [-0.2, -0.15) is 0 Å². The number of carbonyl (C=O) groups is 1. The van der Waals surface area contributed by atoms with Gasteiger partial charge in [0, 0.05) is 16.9 Å². The monoisotopic (exact) mass is 201 g/mol. The second kappa shape index (κ2) is 6.65. The highest BCUT2D eigenvalue weighted by Crippen LogP contribution is 1.94. The highest BCUT2D eigenvalue weighted by atomic mass is 16.5. The van der Waals surface area contributed by atoms with Crippen LogP contribution < -0.4 is 5.73 Å². The first-order chi connectivity index (χ1) is 7.57. The van der Waals surface area contributed by atoms with Crippen LogP contribution >= 0.6 is 0 Å². The third kappa shape index (κ3) is 5.77. The SMILES string of the molecule is COC(C)=O.N=C(N)c1ccccc1.[2HH].[2H][2H]. The Kier molecular flexibility index (Phi) is 4.87. The quantitative estimate of drug-likeness (QED) is 0.412. The molecule has 0 heterocycles. The molecule has 0 aliphatic rings. The molecule has 0 radical (unpaired) electrons. The molecule has 4 nitrogen and oxygen atoms in total. The largest absolute Gasteiger partial charge is 0.469 e. The van der Waals surface area contributed by atoms with Gasteiger partial charge in [0.05, 0.1) is 7.11 Å². The van der Waals surface area contributed by atoms with E-state index in [1.54, 1.807) is 0 Å². The summed E-state index contributed by atoms with van der Waals surface area (Å²) in [6.45, 7) is 1.36. The predicted octanol–water partition coefficient (Wildman–Crippen LogP) is 1.64. The molecule has 1 rings (SSSR count). The van der Waals surface area contributed by atoms with E-state index < -0.39 is 0 Å². The summed E-state index contributed by atoms with van der Waals surface area (Å²) in [5.74, 6) is -0.124. The number of ether oxygens (including phenoxy) is 1. The lowest BCUT2D eigenvalue weighted by Crippen LogP contribution is -2.10. The number of nitrogens with two attached hydrogens (primary N) is 1. The van der Waals surface area contributed by atoms with Crippen molar-refractivity contribution in [2.75, 3.05) is 7.11 Å². The van der Waals surface area contributed by atoms with Crippen molar-refractivity contribution in [1.29, 1.82) is 5.41 Å². The van der Waals surface area contributed by atoms with Gasteiger partial charge in [-0.25, -0.2) is 0 Å². The summed E-state index contributed by atoms with van der Waals surface area (Å²) in [4.78, 5) is 9.59. The topological polar surface area (TPSA) is 76.2 Å². The fraction of sp³-hybridized carbons (Fsp3) is 0.200. The van der Waals surface area contributed by atoms with Crippen molar-refractivity contribution in [3.63, 3.8) is 0 Å². The van der Waals surface area contributed by atoms with Crippen LogP contribution in [0.3, 0.4) is 0 Å². The van der Waals surface area contributed by atoms with Crippen LogP contribution in [-0.2, 0) is 9.53 Å². The van der Waals surface area contributed by atoms with Crippen molar-refractivity contribution in [3.8, 4) is 0 Å². The minimum Gasteiger partial charge on any atom is -0.469 e. The molecule has 1 aromatic rings. The summed E-state index contributed by atoms with van der Waals surface area (Å²) in [5, 5.41) is 7.01. The van der Waals surface area contributed by atoms with Crippen molar-refractivity contribution in [1.82, 2.24) is 0 Å². The predicted molar refractivity (Wildman–Crippen MR) is 59.4 cm³/mol. The molecule has 0 aromatic heterocycles.